The largest absolute Gasteiger partial charge is 0.544 e. The summed E-state index contributed by atoms with van der Waals surface area (Å²) in [4.78, 5) is 15.3. The Balaban J connectivity index is 1.98. The highest BCUT2D eigenvalue weighted by Gasteiger charge is 2.08. The molecule has 0 aliphatic rings. The lowest BCUT2D eigenvalue weighted by Crippen LogP contribution is -2.21. The molecule has 0 spiro atoms. The second-order valence-electron chi connectivity index (χ2n) is 4.68. The summed E-state index contributed by atoms with van der Waals surface area (Å²) in [6.45, 7) is 6.17. The quantitative estimate of drug-likeness (QED) is 0.845. The maximum Gasteiger partial charge on any atom is 0.122 e. The highest BCUT2D eigenvalue weighted by molar-refractivity contribution is 7.13. The first-order valence-electron chi connectivity index (χ1n) is 6.35. The molecule has 0 aliphatic carbocycles. The third-order valence-corrected chi connectivity index (χ3v) is 4.14. The second kappa shape index (κ2) is 6.05. The Hall–Kier alpha value is -1.88. The molecule has 1 heterocycles. The fraction of sp³-hybridized carbons (Fsp3) is 0.333. The Morgan fingerprint density at radius 2 is 2.10 bits per heavy atom. The van der Waals surface area contributed by atoms with Gasteiger partial charge in [-0.3, -0.25) is 0 Å². The van der Waals surface area contributed by atoms with E-state index in [1.165, 1.54) is 0 Å². The van der Waals surface area contributed by atoms with Crippen molar-refractivity contribution in [3.63, 3.8) is 0 Å². The monoisotopic (exact) mass is 290 g/mol. The average molecular weight is 290 g/mol. The minimum absolute atomic E-state index is 0.201. The molecule has 0 fully saturated rings. The number of hydrogen-bond acceptors (Lipinski definition) is 5. The van der Waals surface area contributed by atoms with Crippen molar-refractivity contribution in [3.8, 4) is 5.75 Å². The molecule has 1 aromatic heterocycles. The molecule has 2 rings (SSSR count). The van der Waals surface area contributed by atoms with Gasteiger partial charge in [0.15, 0.2) is 0 Å². The van der Waals surface area contributed by atoms with Crippen molar-refractivity contribution in [1.29, 1.82) is 0 Å². The first kappa shape index (κ1) is 14.5. The van der Waals surface area contributed by atoms with Crippen LogP contribution >= 0.6 is 11.3 Å². The number of hydrogen-bond donors (Lipinski definition) is 0. The molecule has 0 saturated carbocycles. The minimum atomic E-state index is -1.17. The van der Waals surface area contributed by atoms with Gasteiger partial charge in [-0.15, -0.1) is 11.3 Å². The molecule has 0 bridgehead atoms. The van der Waals surface area contributed by atoms with Gasteiger partial charge in [0.05, 0.1) is 28.2 Å². The SMILES string of the molecule is Cc1ccc(C)c(OCCc2nc(C)c(C(=O)[O-])s2)c1. The summed E-state index contributed by atoms with van der Waals surface area (Å²) in [5, 5.41) is 11.6. The fourth-order valence-corrected chi connectivity index (χ4v) is 2.74. The molecule has 106 valence electrons. The number of aromatic nitrogens is 1. The Morgan fingerprint density at radius 1 is 1.35 bits per heavy atom. The van der Waals surface area contributed by atoms with Crippen LogP contribution in [0.2, 0.25) is 0 Å². The number of nitrogens with zero attached hydrogens (tertiary/aromatic N) is 1. The molecule has 4 nitrogen and oxygen atoms in total. The Labute approximate surface area is 122 Å². The second-order valence-corrected chi connectivity index (χ2v) is 5.76. The minimum Gasteiger partial charge on any atom is -0.544 e. The zero-order valence-corrected chi connectivity index (χ0v) is 12.5. The number of aromatic carboxylic acids is 1. The van der Waals surface area contributed by atoms with Crippen LogP contribution in [0.5, 0.6) is 5.75 Å². The third kappa shape index (κ3) is 3.36. The number of rotatable bonds is 5. The molecule has 1 aromatic carbocycles. The van der Waals surface area contributed by atoms with Crippen molar-refractivity contribution >= 4 is 17.3 Å². The molecule has 5 heteroatoms. The van der Waals surface area contributed by atoms with Gasteiger partial charge < -0.3 is 14.6 Å². The van der Waals surface area contributed by atoms with Crippen LogP contribution < -0.4 is 9.84 Å². The van der Waals surface area contributed by atoms with Crippen molar-refractivity contribution in [2.24, 2.45) is 0 Å². The van der Waals surface area contributed by atoms with Crippen LogP contribution in [0.15, 0.2) is 18.2 Å². The summed E-state index contributed by atoms with van der Waals surface area (Å²) in [5.74, 6) is -0.305. The molecule has 0 N–H and O–H groups in total. The van der Waals surface area contributed by atoms with E-state index in [2.05, 4.69) is 4.98 Å². The predicted octanol–water partition coefficient (Wildman–Crippen LogP) is 2.05. The van der Waals surface area contributed by atoms with E-state index in [1.807, 2.05) is 32.0 Å². The van der Waals surface area contributed by atoms with Crippen molar-refractivity contribution in [2.75, 3.05) is 6.61 Å². The van der Waals surface area contributed by atoms with Gasteiger partial charge in [0.25, 0.3) is 0 Å². The number of aryl methyl sites for hydroxylation is 3. The molecule has 0 saturated heterocycles. The molecule has 0 aliphatic heterocycles. The van der Waals surface area contributed by atoms with Crippen molar-refractivity contribution in [1.82, 2.24) is 4.98 Å². The van der Waals surface area contributed by atoms with Crippen LogP contribution in [0.4, 0.5) is 0 Å². The van der Waals surface area contributed by atoms with Gasteiger partial charge in [0.2, 0.25) is 0 Å². The van der Waals surface area contributed by atoms with Crippen LogP contribution in [0.1, 0.15) is 31.5 Å². The molecular weight excluding hydrogens is 274 g/mol. The van der Waals surface area contributed by atoms with E-state index >= 15 is 0 Å². The van der Waals surface area contributed by atoms with Gasteiger partial charge in [0.1, 0.15) is 5.75 Å². The zero-order chi connectivity index (χ0) is 14.7. The van der Waals surface area contributed by atoms with Gasteiger partial charge >= 0.3 is 0 Å². The van der Waals surface area contributed by atoms with E-state index in [4.69, 9.17) is 4.74 Å². The van der Waals surface area contributed by atoms with E-state index in [9.17, 15) is 9.90 Å². The molecule has 0 radical (unpaired) electrons. The first-order valence-corrected chi connectivity index (χ1v) is 7.16. The normalized spacial score (nSPS) is 10.6. The fourth-order valence-electron chi connectivity index (χ4n) is 1.86. The number of carbonyl (C=O) groups is 1. The number of ether oxygens (including phenoxy) is 1. The lowest BCUT2D eigenvalue weighted by molar-refractivity contribution is -0.254. The number of benzene rings is 1. The highest BCUT2D eigenvalue weighted by Crippen LogP contribution is 2.21. The van der Waals surface area contributed by atoms with E-state index in [0.717, 1.165) is 33.2 Å². The van der Waals surface area contributed by atoms with Crippen molar-refractivity contribution < 1.29 is 14.6 Å². The van der Waals surface area contributed by atoms with Crippen LogP contribution in [-0.4, -0.2) is 17.6 Å². The van der Waals surface area contributed by atoms with Gasteiger partial charge in [-0.05, 0) is 38.0 Å². The number of carboxylic acid groups (broad SMARTS) is 1. The van der Waals surface area contributed by atoms with E-state index in [0.29, 0.717) is 18.7 Å². The van der Waals surface area contributed by atoms with E-state index in [1.54, 1.807) is 6.92 Å². The predicted molar refractivity (Wildman–Crippen MR) is 76.3 cm³/mol. The summed E-state index contributed by atoms with van der Waals surface area (Å²) >= 11 is 1.16. The van der Waals surface area contributed by atoms with Crippen molar-refractivity contribution in [2.45, 2.75) is 27.2 Å². The molecule has 0 atom stereocenters. The van der Waals surface area contributed by atoms with Crippen LogP contribution in [-0.2, 0) is 6.42 Å². The molecule has 20 heavy (non-hydrogen) atoms. The smallest absolute Gasteiger partial charge is 0.122 e. The Morgan fingerprint density at radius 3 is 2.75 bits per heavy atom. The number of carboxylic acids is 1. The van der Waals surface area contributed by atoms with E-state index in [-0.39, 0.29) is 4.88 Å². The van der Waals surface area contributed by atoms with Gasteiger partial charge in [-0.1, -0.05) is 12.1 Å². The molecule has 0 amide bonds. The number of thiazole rings is 1. The summed E-state index contributed by atoms with van der Waals surface area (Å²) in [5.41, 5.74) is 2.74. The van der Waals surface area contributed by atoms with Gasteiger partial charge in [-0.25, -0.2) is 4.98 Å². The Kier molecular flexibility index (Phi) is 4.39. The van der Waals surface area contributed by atoms with Crippen LogP contribution in [0.3, 0.4) is 0 Å². The topological polar surface area (TPSA) is 62.2 Å². The molecular formula is C15H16NO3S-. The summed E-state index contributed by atoms with van der Waals surface area (Å²) in [6, 6.07) is 6.06. The van der Waals surface area contributed by atoms with Crippen LogP contribution in [0.25, 0.3) is 0 Å². The standard InChI is InChI=1S/C15H17NO3S/c1-9-4-5-10(2)12(8-9)19-7-6-13-16-11(3)14(20-13)15(17)18/h4-5,8H,6-7H2,1-3H3,(H,17,18)/p-1. The molecule has 2 aromatic rings. The van der Waals surface area contributed by atoms with Gasteiger partial charge in [-0.2, -0.15) is 0 Å². The lowest BCUT2D eigenvalue weighted by Gasteiger charge is -2.08. The maximum absolute atomic E-state index is 10.8. The van der Waals surface area contributed by atoms with E-state index < -0.39 is 5.97 Å². The molecule has 0 unspecified atom stereocenters. The summed E-state index contributed by atoms with van der Waals surface area (Å²) < 4.78 is 5.73. The third-order valence-electron chi connectivity index (χ3n) is 2.94. The number of carbonyl (C=O) groups excluding carboxylic acids is 1. The highest BCUT2D eigenvalue weighted by atomic mass is 32.1. The lowest BCUT2D eigenvalue weighted by atomic mass is 10.1. The summed E-state index contributed by atoms with van der Waals surface area (Å²) in [6.07, 6.45) is 0.589. The zero-order valence-electron chi connectivity index (χ0n) is 11.7. The average Bonchev–Trinajstić information content (AvgIpc) is 2.75. The summed E-state index contributed by atoms with van der Waals surface area (Å²) in [7, 11) is 0. The maximum atomic E-state index is 10.8. The first-order chi connectivity index (χ1) is 9.47. The van der Waals surface area contributed by atoms with Gasteiger partial charge in [0, 0.05) is 6.42 Å². The Bertz CT molecular complexity index is 634. The van der Waals surface area contributed by atoms with Crippen LogP contribution in [0, 0.1) is 20.8 Å². The van der Waals surface area contributed by atoms with Crippen molar-refractivity contribution in [3.05, 3.63) is 44.9 Å².